The molecule has 33 heavy (non-hydrogen) atoms. The first-order valence-corrected chi connectivity index (χ1v) is 12.6. The highest BCUT2D eigenvalue weighted by Gasteiger charge is 2.39. The zero-order valence-corrected chi connectivity index (χ0v) is 19.9. The summed E-state index contributed by atoms with van der Waals surface area (Å²) in [6.07, 6.45) is 1.45. The highest BCUT2D eigenvalue weighted by atomic mass is 32.2. The normalized spacial score (nSPS) is 20.4. The van der Waals surface area contributed by atoms with E-state index < -0.39 is 10.2 Å². The number of ketones is 1. The van der Waals surface area contributed by atoms with Crippen LogP contribution in [0.3, 0.4) is 0 Å². The Labute approximate surface area is 195 Å². The van der Waals surface area contributed by atoms with Crippen LogP contribution < -0.4 is 10.0 Å². The van der Waals surface area contributed by atoms with Gasteiger partial charge in [-0.3, -0.25) is 19.0 Å². The Balaban J connectivity index is 1.59. The van der Waals surface area contributed by atoms with Crippen molar-refractivity contribution < 1.29 is 17.9 Å². The largest absolute Gasteiger partial charge is 0.378 e. The minimum absolute atomic E-state index is 0.0634. The van der Waals surface area contributed by atoms with E-state index in [4.69, 9.17) is 10.5 Å². The van der Waals surface area contributed by atoms with Crippen molar-refractivity contribution in [3.63, 3.8) is 0 Å². The van der Waals surface area contributed by atoms with Crippen molar-refractivity contribution in [2.24, 2.45) is 5.73 Å². The molecular formula is C23H31N5O4S. The van der Waals surface area contributed by atoms with Crippen LogP contribution in [0.25, 0.3) is 0 Å². The Morgan fingerprint density at radius 3 is 2.61 bits per heavy atom. The van der Waals surface area contributed by atoms with Gasteiger partial charge < -0.3 is 10.5 Å². The SMILES string of the molecule is Cc1cccc(N(Cc2ccc(C(=O)CN)cn2)S(=O)(=O)N2CCN(C3COC3)[C@H](C)C2)c1. The number of ether oxygens (including phenoxy) is 1. The van der Waals surface area contributed by atoms with Crippen molar-refractivity contribution in [3.8, 4) is 0 Å². The number of carbonyl (C=O) groups excluding carboxylic acids is 1. The lowest BCUT2D eigenvalue weighted by Crippen LogP contribution is -2.62. The Bertz CT molecular complexity index is 1090. The maximum absolute atomic E-state index is 13.8. The molecule has 2 aromatic rings. The summed E-state index contributed by atoms with van der Waals surface area (Å²) in [5.41, 5.74) is 7.94. The zero-order valence-electron chi connectivity index (χ0n) is 19.1. The molecular weight excluding hydrogens is 442 g/mol. The number of nitrogens with two attached hydrogens (primary N) is 1. The third kappa shape index (κ3) is 5.10. The summed E-state index contributed by atoms with van der Waals surface area (Å²) in [7, 11) is -3.81. The van der Waals surface area contributed by atoms with Crippen LogP contribution in [-0.4, -0.2) is 79.9 Å². The maximum Gasteiger partial charge on any atom is 0.304 e. The van der Waals surface area contributed by atoms with E-state index >= 15 is 0 Å². The van der Waals surface area contributed by atoms with Crippen LogP contribution in [0.5, 0.6) is 0 Å². The quantitative estimate of drug-likeness (QED) is 0.574. The second kappa shape index (κ2) is 9.86. The summed E-state index contributed by atoms with van der Waals surface area (Å²) < 4.78 is 36.0. The van der Waals surface area contributed by atoms with Crippen molar-refractivity contribution >= 4 is 21.7 Å². The maximum atomic E-state index is 13.8. The molecule has 0 bridgehead atoms. The molecule has 2 aliphatic heterocycles. The molecule has 178 valence electrons. The number of rotatable bonds is 8. The number of piperazine rings is 1. The molecule has 0 unspecified atom stereocenters. The summed E-state index contributed by atoms with van der Waals surface area (Å²) >= 11 is 0. The summed E-state index contributed by atoms with van der Waals surface area (Å²) in [5.74, 6) is -0.207. The third-order valence-corrected chi connectivity index (χ3v) is 8.14. The molecule has 0 aliphatic carbocycles. The predicted octanol–water partition coefficient (Wildman–Crippen LogP) is 1.19. The van der Waals surface area contributed by atoms with E-state index in [0.29, 0.717) is 55.8 Å². The van der Waals surface area contributed by atoms with Crippen molar-refractivity contribution in [2.45, 2.75) is 32.5 Å². The highest BCUT2D eigenvalue weighted by molar-refractivity contribution is 7.90. The van der Waals surface area contributed by atoms with Crippen LogP contribution in [0.15, 0.2) is 42.6 Å². The molecule has 2 saturated heterocycles. The van der Waals surface area contributed by atoms with Gasteiger partial charge in [-0.15, -0.1) is 0 Å². The fraction of sp³-hybridized carbons (Fsp3) is 0.478. The van der Waals surface area contributed by atoms with E-state index in [1.807, 2.05) is 25.1 Å². The number of aromatic nitrogens is 1. The molecule has 9 nitrogen and oxygen atoms in total. The number of Topliss-reactive ketones (excluding diaryl/α,β-unsaturated/α-hetero) is 1. The molecule has 0 spiro atoms. The first-order chi connectivity index (χ1) is 15.8. The van der Waals surface area contributed by atoms with E-state index in [-0.39, 0.29) is 24.9 Å². The number of carbonyl (C=O) groups is 1. The van der Waals surface area contributed by atoms with Crippen molar-refractivity contribution in [2.75, 3.05) is 43.7 Å². The third-order valence-electron chi connectivity index (χ3n) is 6.26. The first kappa shape index (κ1) is 23.8. The predicted molar refractivity (Wildman–Crippen MR) is 126 cm³/mol. The topological polar surface area (TPSA) is 109 Å². The number of benzene rings is 1. The van der Waals surface area contributed by atoms with Gasteiger partial charge in [-0.25, -0.2) is 0 Å². The van der Waals surface area contributed by atoms with Crippen molar-refractivity contribution in [1.82, 2.24) is 14.2 Å². The van der Waals surface area contributed by atoms with E-state index in [9.17, 15) is 13.2 Å². The number of aryl methyl sites for hydroxylation is 1. The molecule has 0 saturated carbocycles. The summed E-state index contributed by atoms with van der Waals surface area (Å²) in [4.78, 5) is 18.5. The standard InChI is InChI=1S/C23H31N5O4S/c1-17-4-3-5-21(10-17)28(14-20-7-6-19(12-25-20)23(29)11-24)33(30,31)26-8-9-27(18(2)13-26)22-15-32-16-22/h3-7,10,12,18,22H,8-9,11,13-16,24H2,1-2H3/t18-/m1/s1. The molecule has 2 aliphatic rings. The van der Waals surface area contributed by atoms with Gasteiger partial charge in [-0.2, -0.15) is 12.7 Å². The van der Waals surface area contributed by atoms with E-state index in [0.717, 1.165) is 5.56 Å². The molecule has 1 aromatic carbocycles. The van der Waals surface area contributed by atoms with Crippen LogP contribution in [0.2, 0.25) is 0 Å². The van der Waals surface area contributed by atoms with Crippen LogP contribution >= 0.6 is 0 Å². The molecule has 3 heterocycles. The van der Waals surface area contributed by atoms with Gasteiger partial charge in [0.2, 0.25) is 0 Å². The molecule has 2 fully saturated rings. The van der Waals surface area contributed by atoms with Gasteiger partial charge in [0.05, 0.1) is 43.7 Å². The molecule has 1 atom stereocenters. The Morgan fingerprint density at radius 2 is 2.03 bits per heavy atom. The fourth-order valence-corrected chi connectivity index (χ4v) is 5.95. The lowest BCUT2D eigenvalue weighted by atomic mass is 10.1. The highest BCUT2D eigenvalue weighted by Crippen LogP contribution is 2.27. The lowest BCUT2D eigenvalue weighted by Gasteiger charge is -2.46. The second-order valence-electron chi connectivity index (χ2n) is 8.66. The van der Waals surface area contributed by atoms with Crippen LogP contribution in [0.4, 0.5) is 5.69 Å². The molecule has 1 aromatic heterocycles. The first-order valence-electron chi connectivity index (χ1n) is 11.2. The van der Waals surface area contributed by atoms with E-state index in [1.54, 1.807) is 22.5 Å². The van der Waals surface area contributed by atoms with Crippen LogP contribution in [0.1, 0.15) is 28.5 Å². The average Bonchev–Trinajstić information content (AvgIpc) is 2.77. The lowest BCUT2D eigenvalue weighted by molar-refractivity contribution is -0.0873. The molecule has 0 amide bonds. The second-order valence-corrected chi connectivity index (χ2v) is 10.5. The minimum atomic E-state index is -3.81. The van der Waals surface area contributed by atoms with Gasteiger partial charge in [0, 0.05) is 37.4 Å². The van der Waals surface area contributed by atoms with Gasteiger partial charge >= 0.3 is 10.2 Å². The zero-order chi connectivity index (χ0) is 23.6. The Morgan fingerprint density at radius 1 is 1.24 bits per heavy atom. The van der Waals surface area contributed by atoms with Gasteiger partial charge in [0.15, 0.2) is 5.78 Å². The molecule has 10 heteroatoms. The number of hydrogen-bond donors (Lipinski definition) is 1. The minimum Gasteiger partial charge on any atom is -0.378 e. The van der Waals surface area contributed by atoms with E-state index in [2.05, 4.69) is 16.8 Å². The summed E-state index contributed by atoms with van der Waals surface area (Å²) in [5, 5.41) is 0. The number of nitrogens with zero attached hydrogens (tertiary/aromatic N) is 4. The van der Waals surface area contributed by atoms with Gasteiger partial charge in [0.1, 0.15) is 0 Å². The Hall–Kier alpha value is -2.37. The number of hydrogen-bond acceptors (Lipinski definition) is 7. The molecule has 0 radical (unpaired) electrons. The molecule has 2 N–H and O–H groups in total. The van der Waals surface area contributed by atoms with Crippen molar-refractivity contribution in [3.05, 3.63) is 59.4 Å². The average molecular weight is 474 g/mol. The fourth-order valence-electron chi connectivity index (χ4n) is 4.28. The van der Waals surface area contributed by atoms with E-state index in [1.165, 1.54) is 10.5 Å². The molecule has 4 rings (SSSR count). The van der Waals surface area contributed by atoms with Crippen LogP contribution in [0, 0.1) is 6.92 Å². The summed E-state index contributed by atoms with van der Waals surface area (Å²) in [6, 6.07) is 11.2. The van der Waals surface area contributed by atoms with Gasteiger partial charge in [-0.1, -0.05) is 12.1 Å². The number of anilines is 1. The van der Waals surface area contributed by atoms with Gasteiger partial charge in [-0.05, 0) is 43.7 Å². The number of pyridine rings is 1. The monoisotopic (exact) mass is 473 g/mol. The Kier molecular flexibility index (Phi) is 7.10. The van der Waals surface area contributed by atoms with Crippen molar-refractivity contribution in [1.29, 1.82) is 0 Å². The van der Waals surface area contributed by atoms with Crippen LogP contribution in [-0.2, 0) is 21.5 Å². The summed E-state index contributed by atoms with van der Waals surface area (Å²) in [6.45, 7) is 6.89. The van der Waals surface area contributed by atoms with Gasteiger partial charge in [0.25, 0.3) is 0 Å². The smallest absolute Gasteiger partial charge is 0.304 e.